The lowest BCUT2D eigenvalue weighted by Crippen LogP contribution is -2.17. The first kappa shape index (κ1) is 55.1. The highest BCUT2D eigenvalue weighted by Gasteiger charge is 2.38. The van der Waals surface area contributed by atoms with Crippen LogP contribution in [0.5, 0.6) is 0 Å². The van der Waals surface area contributed by atoms with Gasteiger partial charge >= 0.3 is 0 Å². The van der Waals surface area contributed by atoms with E-state index in [2.05, 4.69) is 281 Å². The maximum absolute atomic E-state index is 6.72. The molecule has 7 nitrogen and oxygen atoms in total. The largest absolute Gasteiger partial charge is 0.456 e. The maximum atomic E-state index is 6.72. The molecule has 7 aromatic heterocycles. The van der Waals surface area contributed by atoms with E-state index in [4.69, 9.17) is 34.3 Å². The number of nitrogens with zero attached hydrogens (tertiary/aromatic N) is 6. The summed E-state index contributed by atoms with van der Waals surface area (Å²) in [5.74, 6) is 0. The fourth-order valence-corrected chi connectivity index (χ4v) is 17.1. The Morgan fingerprint density at radius 2 is 0.720 bits per heavy atom. The van der Waals surface area contributed by atoms with Crippen LogP contribution in [-0.4, -0.2) is 29.9 Å². The molecule has 0 bridgehead atoms. The lowest BCUT2D eigenvalue weighted by molar-refractivity contribution is 0.640. The fraction of sp³-hybridized carbons (Fsp3) is 0.0323. The van der Waals surface area contributed by atoms with Crippen molar-refractivity contribution >= 4 is 152 Å². The predicted molar refractivity (Wildman–Crippen MR) is 415 cm³/mol. The summed E-state index contributed by atoms with van der Waals surface area (Å²) in [7, 11) is 0. The van der Waals surface area contributed by atoms with Crippen molar-refractivity contribution < 1.29 is 4.42 Å². The van der Waals surface area contributed by atoms with Crippen LogP contribution in [0, 0.1) is 0 Å². The molecule has 22 rings (SSSR count). The molecular formula is C93H54N6O. The summed E-state index contributed by atoms with van der Waals surface area (Å²) in [6.45, 7) is 4.62. The van der Waals surface area contributed by atoms with E-state index in [-0.39, 0.29) is 5.41 Å². The number of furan rings is 1. The number of fused-ring (bicyclic) bond motifs is 30. The van der Waals surface area contributed by atoms with Gasteiger partial charge in [-0.3, -0.25) is 15.0 Å². The van der Waals surface area contributed by atoms with Crippen molar-refractivity contribution in [2.24, 2.45) is 0 Å². The Bertz CT molecular complexity index is 7250. The Labute approximate surface area is 572 Å². The monoisotopic (exact) mass is 1270 g/mol. The molecule has 0 unspecified atom stereocenters. The van der Waals surface area contributed by atoms with Crippen LogP contribution in [0.15, 0.2) is 296 Å². The third-order valence-electron chi connectivity index (χ3n) is 21.8. The highest BCUT2D eigenvalue weighted by Crippen LogP contribution is 2.52. The third-order valence-corrected chi connectivity index (χ3v) is 21.8. The quantitative estimate of drug-likeness (QED) is 0.159. The van der Waals surface area contributed by atoms with Crippen molar-refractivity contribution in [3.05, 3.63) is 303 Å². The van der Waals surface area contributed by atoms with Crippen molar-refractivity contribution in [2.75, 3.05) is 0 Å². The lowest BCUT2D eigenvalue weighted by Gasteiger charge is -2.21. The van der Waals surface area contributed by atoms with E-state index in [1.54, 1.807) is 0 Å². The van der Waals surface area contributed by atoms with Gasteiger partial charge in [-0.25, -0.2) is 15.0 Å². The van der Waals surface area contributed by atoms with Gasteiger partial charge < -0.3 is 4.42 Å². The summed E-state index contributed by atoms with van der Waals surface area (Å²) in [5.41, 5.74) is 20.4. The molecule has 0 amide bonds. The number of hydrogen-bond acceptors (Lipinski definition) is 7. The van der Waals surface area contributed by atoms with E-state index >= 15 is 0 Å². The number of aromatic nitrogens is 6. The predicted octanol–water partition coefficient (Wildman–Crippen LogP) is 24.4. The number of benzene rings is 14. The van der Waals surface area contributed by atoms with Crippen molar-refractivity contribution in [1.82, 2.24) is 29.9 Å². The minimum atomic E-state index is -0.344. The van der Waals surface area contributed by atoms with E-state index in [1.807, 2.05) is 24.5 Å². The summed E-state index contributed by atoms with van der Waals surface area (Å²) in [6, 6.07) is 101. The highest BCUT2D eigenvalue weighted by molar-refractivity contribution is 6.31. The van der Waals surface area contributed by atoms with Crippen molar-refractivity contribution in [3.8, 4) is 67.3 Å². The highest BCUT2D eigenvalue weighted by atomic mass is 16.3. The molecule has 0 saturated carbocycles. The average Bonchev–Trinajstić information content (AvgIpc) is 1.43. The van der Waals surface area contributed by atoms with Gasteiger partial charge in [0.2, 0.25) is 0 Å². The first-order valence-corrected chi connectivity index (χ1v) is 34.2. The molecule has 0 fully saturated rings. The van der Waals surface area contributed by atoms with Gasteiger partial charge in [0.25, 0.3) is 0 Å². The molecule has 14 aromatic carbocycles. The third kappa shape index (κ3) is 7.85. The smallest absolute Gasteiger partial charge is 0.136 e. The average molecular weight is 1270 g/mol. The second kappa shape index (κ2) is 20.5. The molecule has 100 heavy (non-hydrogen) atoms. The zero-order valence-corrected chi connectivity index (χ0v) is 54.3. The summed E-state index contributed by atoms with van der Waals surface area (Å²) >= 11 is 0. The summed E-state index contributed by atoms with van der Waals surface area (Å²) in [6.07, 6.45) is 3.74. The second-order valence-electron chi connectivity index (χ2n) is 27.5. The lowest BCUT2D eigenvalue weighted by atomic mass is 9.84. The van der Waals surface area contributed by atoms with E-state index in [1.165, 1.54) is 75.9 Å². The second-order valence-corrected chi connectivity index (χ2v) is 27.5. The van der Waals surface area contributed by atoms with Gasteiger partial charge in [-0.05, 0) is 194 Å². The zero-order chi connectivity index (χ0) is 65.6. The zero-order valence-electron chi connectivity index (χ0n) is 54.3. The Balaban J connectivity index is 0.612. The molecule has 7 heteroatoms. The van der Waals surface area contributed by atoms with Gasteiger partial charge in [0.05, 0.1) is 56.1 Å². The van der Waals surface area contributed by atoms with Crippen LogP contribution in [0.2, 0.25) is 0 Å². The maximum Gasteiger partial charge on any atom is 0.136 e. The minimum Gasteiger partial charge on any atom is -0.456 e. The van der Waals surface area contributed by atoms with Crippen LogP contribution < -0.4 is 0 Å². The minimum absolute atomic E-state index is 0.344. The summed E-state index contributed by atoms with van der Waals surface area (Å²) in [4.78, 5) is 32.1. The molecule has 0 radical (unpaired) electrons. The molecule has 0 spiro atoms. The SMILES string of the molecule is CC1(C)c2cc(-c3cccc(-c4ccc5c6cc(-c7cccc8c9cccnc9c9nc(-c%10ccc(-c%11ccc%12c(c%11)oc%11cc%13c%14ccccc%14c%14ccccc%14c%13cc%11%12)cc%10)ccc9c78)ccc6c6cccnc6c5n4)n3)ccc2-c2cc3c4ccccc4c4ccccc4c3nc21. The molecule has 0 aliphatic heterocycles. The molecule has 0 saturated heterocycles. The Hall–Kier alpha value is -13.1. The normalized spacial score (nSPS) is 13.0. The van der Waals surface area contributed by atoms with Crippen molar-refractivity contribution in [3.63, 3.8) is 0 Å². The number of pyridine rings is 6. The van der Waals surface area contributed by atoms with Gasteiger partial charge in [-0.15, -0.1) is 0 Å². The summed E-state index contributed by atoms with van der Waals surface area (Å²) in [5, 5.41) is 24.4. The molecule has 0 N–H and O–H groups in total. The van der Waals surface area contributed by atoms with Crippen LogP contribution in [0.25, 0.3) is 219 Å². The topological polar surface area (TPSA) is 90.5 Å². The number of rotatable bonds is 5. The van der Waals surface area contributed by atoms with E-state index < -0.39 is 0 Å². The van der Waals surface area contributed by atoms with E-state index in [0.717, 1.165) is 154 Å². The van der Waals surface area contributed by atoms with Crippen molar-refractivity contribution in [1.29, 1.82) is 0 Å². The van der Waals surface area contributed by atoms with Crippen LogP contribution in [0.1, 0.15) is 25.1 Å². The molecular weight excluding hydrogens is 1220 g/mol. The fourth-order valence-electron chi connectivity index (χ4n) is 17.1. The molecule has 462 valence electrons. The molecule has 1 aliphatic rings. The van der Waals surface area contributed by atoms with Gasteiger partial charge in [0, 0.05) is 77.6 Å². The van der Waals surface area contributed by atoms with E-state index in [0.29, 0.717) is 0 Å². The number of hydrogen-bond donors (Lipinski definition) is 0. The van der Waals surface area contributed by atoms with E-state index in [9.17, 15) is 0 Å². The molecule has 0 atom stereocenters. The Morgan fingerprint density at radius 1 is 0.240 bits per heavy atom. The van der Waals surface area contributed by atoms with Crippen LogP contribution in [0.3, 0.4) is 0 Å². The standard InChI is InChI=1S/C93H54N6O/c1-93(2)79-46-55(35-37-65(79)78-49-77-63-21-8-5-17-59(63)60-18-9-10-22-68(60)87(77)99-92(78)93)80-27-12-28-82(96-80)83-42-39-71-73-45-54(34-36-64(73)69-25-13-43-94-88(69)90(71)98-83)56-23-11-24-67-70-26-14-44-95-89(70)91-72(86(56)67)40-41-81(97-91)52-31-29-51(30-32-52)53-33-38-66-76-48-74-61-19-6-3-15-57(61)58-16-4-7-20-62(58)75(74)50-85(76)100-84(66)47-53/h3-50H,1-2H3. The van der Waals surface area contributed by atoms with Crippen LogP contribution >= 0.6 is 0 Å². The first-order chi connectivity index (χ1) is 49.3. The van der Waals surface area contributed by atoms with Crippen LogP contribution in [0.4, 0.5) is 0 Å². The van der Waals surface area contributed by atoms with Crippen LogP contribution in [-0.2, 0) is 5.41 Å². The molecule has 1 aliphatic carbocycles. The van der Waals surface area contributed by atoms with Crippen molar-refractivity contribution in [2.45, 2.75) is 19.3 Å². The molecule has 21 aromatic rings. The molecule has 7 heterocycles. The Morgan fingerprint density at radius 3 is 1.47 bits per heavy atom. The van der Waals surface area contributed by atoms with Gasteiger partial charge in [0.15, 0.2) is 0 Å². The Kier molecular flexibility index (Phi) is 11.3. The first-order valence-electron chi connectivity index (χ1n) is 34.2. The van der Waals surface area contributed by atoms with Gasteiger partial charge in [0.1, 0.15) is 11.2 Å². The van der Waals surface area contributed by atoms with Gasteiger partial charge in [-0.1, -0.05) is 202 Å². The summed E-state index contributed by atoms with van der Waals surface area (Å²) < 4.78 is 6.72. The van der Waals surface area contributed by atoms with Gasteiger partial charge in [-0.2, -0.15) is 0 Å².